The molecule has 5 nitrogen and oxygen atoms in total. The highest BCUT2D eigenvalue weighted by Crippen LogP contribution is 2.21. The van der Waals surface area contributed by atoms with Crippen LogP contribution in [0.4, 0.5) is 15.8 Å². The molecule has 0 heterocycles. The van der Waals surface area contributed by atoms with Crippen LogP contribution in [0.2, 0.25) is 0 Å². The molecule has 0 atom stereocenters. The Bertz CT molecular complexity index is 378. The molecule has 0 saturated carbocycles. The van der Waals surface area contributed by atoms with Gasteiger partial charge in [-0.05, 0) is 0 Å². The quantitative estimate of drug-likeness (QED) is 0.302. The number of isocyanates is 1. The average molecular weight is 182 g/mol. The fourth-order valence-corrected chi connectivity index (χ4v) is 0.782. The molecular formula is C7H3FN2O3. The van der Waals surface area contributed by atoms with Gasteiger partial charge < -0.3 is 0 Å². The van der Waals surface area contributed by atoms with Crippen molar-refractivity contribution in [1.82, 2.24) is 0 Å². The van der Waals surface area contributed by atoms with E-state index in [9.17, 15) is 19.3 Å². The first-order valence-electron chi connectivity index (χ1n) is 3.16. The summed E-state index contributed by atoms with van der Waals surface area (Å²) in [6, 6.07) is 2.62. The number of aliphatic imine (C=N–C) groups is 1. The molecule has 0 aromatic heterocycles. The van der Waals surface area contributed by atoms with Gasteiger partial charge in [-0.15, -0.1) is 0 Å². The van der Waals surface area contributed by atoms with Gasteiger partial charge in [0.15, 0.2) is 0 Å². The SMILES string of the molecule is O=C=Nc1cc(F)cc([N+](=O)[O-])c1. The summed E-state index contributed by atoms with van der Waals surface area (Å²) in [6.07, 6.45) is 1.16. The highest BCUT2D eigenvalue weighted by molar-refractivity contribution is 5.53. The molecule has 0 unspecified atom stereocenters. The van der Waals surface area contributed by atoms with Crippen molar-refractivity contribution in [3.8, 4) is 0 Å². The summed E-state index contributed by atoms with van der Waals surface area (Å²) in [5.41, 5.74) is -0.573. The minimum Gasteiger partial charge on any atom is -0.258 e. The van der Waals surface area contributed by atoms with Gasteiger partial charge in [-0.25, -0.2) is 9.18 Å². The molecule has 66 valence electrons. The number of carbonyl (C=O) groups excluding carboxylic acids is 1. The van der Waals surface area contributed by atoms with Crippen molar-refractivity contribution in [2.45, 2.75) is 0 Å². The average Bonchev–Trinajstić information content (AvgIpc) is 2.03. The van der Waals surface area contributed by atoms with E-state index in [1.807, 2.05) is 0 Å². The highest BCUT2D eigenvalue weighted by Gasteiger charge is 2.08. The van der Waals surface area contributed by atoms with E-state index in [-0.39, 0.29) is 5.69 Å². The standard InChI is InChI=1S/C7H3FN2O3/c8-5-1-6(9-4-11)3-7(2-5)10(12)13/h1-3H. The topological polar surface area (TPSA) is 72.6 Å². The molecule has 13 heavy (non-hydrogen) atoms. The normalized spacial score (nSPS) is 9.00. The fraction of sp³-hybridized carbons (Fsp3) is 0. The van der Waals surface area contributed by atoms with Crippen LogP contribution in [0.1, 0.15) is 0 Å². The van der Waals surface area contributed by atoms with Crippen molar-refractivity contribution in [3.05, 3.63) is 34.1 Å². The number of nitro groups is 1. The summed E-state index contributed by atoms with van der Waals surface area (Å²) >= 11 is 0. The molecule has 6 heteroatoms. The zero-order chi connectivity index (χ0) is 9.84. The molecule has 0 radical (unpaired) electrons. The Morgan fingerprint density at radius 3 is 2.69 bits per heavy atom. The van der Waals surface area contributed by atoms with Crippen molar-refractivity contribution in [2.24, 2.45) is 4.99 Å². The summed E-state index contributed by atoms with van der Waals surface area (Å²) in [7, 11) is 0. The number of hydrogen-bond acceptors (Lipinski definition) is 4. The van der Waals surface area contributed by atoms with Gasteiger partial charge in [0.05, 0.1) is 16.7 Å². The van der Waals surface area contributed by atoms with Gasteiger partial charge >= 0.3 is 0 Å². The Morgan fingerprint density at radius 2 is 2.15 bits per heavy atom. The molecular weight excluding hydrogens is 179 g/mol. The van der Waals surface area contributed by atoms with Crippen LogP contribution in [0.3, 0.4) is 0 Å². The van der Waals surface area contributed by atoms with Crippen LogP contribution in [-0.2, 0) is 4.79 Å². The monoisotopic (exact) mass is 182 g/mol. The summed E-state index contributed by atoms with van der Waals surface area (Å²) in [6.45, 7) is 0. The Balaban J connectivity index is 3.26. The van der Waals surface area contributed by atoms with E-state index in [0.29, 0.717) is 0 Å². The Morgan fingerprint density at radius 1 is 1.46 bits per heavy atom. The Kier molecular flexibility index (Phi) is 2.47. The van der Waals surface area contributed by atoms with Gasteiger partial charge in [0.25, 0.3) is 5.69 Å². The van der Waals surface area contributed by atoms with Crippen LogP contribution in [0, 0.1) is 15.9 Å². The minimum absolute atomic E-state index is 0.123. The van der Waals surface area contributed by atoms with Crippen molar-refractivity contribution in [1.29, 1.82) is 0 Å². The first-order valence-corrected chi connectivity index (χ1v) is 3.16. The van der Waals surface area contributed by atoms with Crippen LogP contribution in [-0.4, -0.2) is 11.0 Å². The molecule has 0 aliphatic carbocycles. The lowest BCUT2D eigenvalue weighted by Crippen LogP contribution is -1.88. The smallest absolute Gasteiger partial charge is 0.258 e. The third kappa shape index (κ3) is 2.18. The molecule has 1 aromatic rings. The molecule has 0 spiro atoms. The van der Waals surface area contributed by atoms with Crippen molar-refractivity contribution in [2.75, 3.05) is 0 Å². The van der Waals surface area contributed by atoms with Crippen molar-refractivity contribution in [3.63, 3.8) is 0 Å². The predicted molar refractivity (Wildman–Crippen MR) is 40.8 cm³/mol. The number of rotatable bonds is 2. The minimum atomic E-state index is -0.816. The number of nitro benzene ring substituents is 1. The van der Waals surface area contributed by atoms with Gasteiger partial charge in [0.2, 0.25) is 6.08 Å². The highest BCUT2D eigenvalue weighted by atomic mass is 19.1. The molecule has 0 N–H and O–H groups in total. The predicted octanol–water partition coefficient (Wildman–Crippen LogP) is 1.70. The molecule has 1 rings (SSSR count). The summed E-state index contributed by atoms with van der Waals surface area (Å²) < 4.78 is 12.6. The third-order valence-corrected chi connectivity index (χ3v) is 1.25. The zero-order valence-electron chi connectivity index (χ0n) is 6.23. The first kappa shape index (κ1) is 9.02. The van der Waals surface area contributed by atoms with E-state index in [1.165, 1.54) is 0 Å². The van der Waals surface area contributed by atoms with E-state index in [2.05, 4.69) is 4.99 Å². The third-order valence-electron chi connectivity index (χ3n) is 1.25. The lowest BCUT2D eigenvalue weighted by molar-refractivity contribution is -0.385. The van der Waals surface area contributed by atoms with Gasteiger partial charge in [-0.1, -0.05) is 0 Å². The van der Waals surface area contributed by atoms with Crippen LogP contribution in [0.25, 0.3) is 0 Å². The zero-order valence-corrected chi connectivity index (χ0v) is 6.23. The molecule has 0 fully saturated rings. The summed E-state index contributed by atoms with van der Waals surface area (Å²) in [5.74, 6) is -0.816. The van der Waals surface area contributed by atoms with Crippen LogP contribution >= 0.6 is 0 Å². The van der Waals surface area contributed by atoms with E-state index >= 15 is 0 Å². The second-order valence-electron chi connectivity index (χ2n) is 2.13. The van der Waals surface area contributed by atoms with E-state index in [4.69, 9.17) is 0 Å². The van der Waals surface area contributed by atoms with E-state index in [1.54, 1.807) is 0 Å². The fourth-order valence-electron chi connectivity index (χ4n) is 0.782. The lowest BCUT2D eigenvalue weighted by Gasteiger charge is -1.93. The van der Waals surface area contributed by atoms with Gasteiger partial charge in [0, 0.05) is 12.1 Å². The molecule has 0 bridgehead atoms. The molecule has 0 saturated heterocycles. The van der Waals surface area contributed by atoms with Crippen molar-refractivity contribution < 1.29 is 14.1 Å². The molecule has 0 aliphatic heterocycles. The van der Waals surface area contributed by atoms with E-state index in [0.717, 1.165) is 24.3 Å². The molecule has 1 aromatic carbocycles. The van der Waals surface area contributed by atoms with Crippen LogP contribution in [0.15, 0.2) is 23.2 Å². The summed E-state index contributed by atoms with van der Waals surface area (Å²) in [4.78, 5) is 22.3. The number of halogens is 1. The number of non-ortho nitro benzene ring substituents is 1. The first-order chi connectivity index (χ1) is 6.13. The molecule has 0 amide bonds. The van der Waals surface area contributed by atoms with Gasteiger partial charge in [0.1, 0.15) is 5.82 Å². The summed E-state index contributed by atoms with van der Waals surface area (Å²) in [5, 5.41) is 10.2. The lowest BCUT2D eigenvalue weighted by atomic mass is 10.3. The van der Waals surface area contributed by atoms with Gasteiger partial charge in [-0.2, -0.15) is 4.99 Å². The van der Waals surface area contributed by atoms with Crippen LogP contribution in [0.5, 0.6) is 0 Å². The van der Waals surface area contributed by atoms with Crippen LogP contribution < -0.4 is 0 Å². The largest absolute Gasteiger partial charge is 0.274 e. The van der Waals surface area contributed by atoms with E-state index < -0.39 is 16.4 Å². The van der Waals surface area contributed by atoms with Crippen molar-refractivity contribution >= 4 is 17.5 Å². The Labute approximate surface area is 71.7 Å². The second kappa shape index (κ2) is 3.55. The maximum Gasteiger partial charge on any atom is 0.274 e. The number of hydrogen-bond donors (Lipinski definition) is 0. The number of nitrogens with zero attached hydrogens (tertiary/aromatic N) is 2. The maximum atomic E-state index is 12.6. The number of benzene rings is 1. The van der Waals surface area contributed by atoms with Gasteiger partial charge in [-0.3, -0.25) is 10.1 Å². The second-order valence-corrected chi connectivity index (χ2v) is 2.13. The Hall–Kier alpha value is -2.07. The molecule has 0 aliphatic rings. The maximum absolute atomic E-state index is 12.6.